The first-order valence-corrected chi connectivity index (χ1v) is 5.34. The number of hydrogen-bond acceptors (Lipinski definition) is 3. The Hall–Kier alpha value is -1.33. The molecule has 1 aromatic rings. The van der Waals surface area contributed by atoms with Crippen molar-refractivity contribution in [1.29, 1.82) is 0 Å². The first-order chi connectivity index (χ1) is 7.54. The van der Waals surface area contributed by atoms with Gasteiger partial charge in [0.1, 0.15) is 5.75 Å². The Morgan fingerprint density at radius 1 is 1.62 bits per heavy atom. The third-order valence-electron chi connectivity index (χ3n) is 2.00. The highest BCUT2D eigenvalue weighted by Gasteiger charge is 2.09. The Morgan fingerprint density at radius 3 is 2.88 bits per heavy atom. The molecule has 0 aliphatic rings. The predicted molar refractivity (Wildman–Crippen MR) is 64.4 cm³/mol. The number of methoxy groups -OCH3 is 1. The third-order valence-corrected chi connectivity index (χ3v) is 2.49. The van der Waals surface area contributed by atoms with Crippen LogP contribution in [0.5, 0.6) is 5.75 Å². The Labute approximate surface area is 102 Å². The lowest BCUT2D eigenvalue weighted by Gasteiger charge is -2.12. The number of halogens is 1. The van der Waals surface area contributed by atoms with E-state index in [0.717, 1.165) is 16.1 Å². The van der Waals surface area contributed by atoms with Gasteiger partial charge in [0, 0.05) is 16.1 Å². The highest BCUT2D eigenvalue weighted by atomic mass is 79.9. The van der Waals surface area contributed by atoms with Gasteiger partial charge in [0.05, 0.1) is 13.2 Å². The van der Waals surface area contributed by atoms with Crippen molar-refractivity contribution in [2.45, 2.75) is 6.04 Å². The molecule has 0 saturated carbocycles. The molecule has 0 aliphatic heterocycles. The fourth-order valence-electron chi connectivity index (χ4n) is 1.26. The van der Waals surface area contributed by atoms with Crippen LogP contribution in [0, 0.1) is 0 Å². The number of carboxylic acid groups (broad SMARTS) is 1. The highest BCUT2D eigenvalue weighted by Crippen LogP contribution is 2.27. The van der Waals surface area contributed by atoms with Gasteiger partial charge in [0.2, 0.25) is 0 Å². The van der Waals surface area contributed by atoms with Gasteiger partial charge >= 0.3 is 5.97 Å². The summed E-state index contributed by atoms with van der Waals surface area (Å²) in [7, 11) is 1.54. The van der Waals surface area contributed by atoms with E-state index < -0.39 is 12.0 Å². The van der Waals surface area contributed by atoms with Crippen molar-refractivity contribution < 1.29 is 14.6 Å². The number of nitrogens with two attached hydrogens (primary N) is 1. The van der Waals surface area contributed by atoms with E-state index in [0.29, 0.717) is 5.75 Å². The molecule has 0 heterocycles. The summed E-state index contributed by atoms with van der Waals surface area (Å²) in [5.41, 5.74) is 6.57. The van der Waals surface area contributed by atoms with Crippen LogP contribution >= 0.6 is 15.9 Å². The molecule has 1 aromatic carbocycles. The summed E-state index contributed by atoms with van der Waals surface area (Å²) in [6.45, 7) is 0. The Bertz CT molecular complexity index is 418. The molecule has 5 heteroatoms. The Kier molecular flexibility index (Phi) is 4.52. The maximum Gasteiger partial charge on any atom is 0.328 e. The highest BCUT2D eigenvalue weighted by molar-refractivity contribution is 9.10. The van der Waals surface area contributed by atoms with Gasteiger partial charge in [0.15, 0.2) is 0 Å². The Balaban J connectivity index is 3.01. The molecule has 0 radical (unpaired) electrons. The lowest BCUT2D eigenvalue weighted by Crippen LogP contribution is -2.09. The van der Waals surface area contributed by atoms with Gasteiger partial charge in [0.25, 0.3) is 0 Å². The monoisotopic (exact) mass is 285 g/mol. The van der Waals surface area contributed by atoms with E-state index in [1.54, 1.807) is 19.2 Å². The molecule has 0 aliphatic carbocycles. The maximum absolute atomic E-state index is 10.4. The number of hydrogen-bond donors (Lipinski definition) is 2. The van der Waals surface area contributed by atoms with E-state index in [1.165, 1.54) is 6.08 Å². The molecule has 16 heavy (non-hydrogen) atoms. The zero-order chi connectivity index (χ0) is 12.1. The molecule has 0 saturated heterocycles. The van der Waals surface area contributed by atoms with Crippen molar-refractivity contribution in [1.82, 2.24) is 0 Å². The van der Waals surface area contributed by atoms with Crippen molar-refractivity contribution in [2.24, 2.45) is 5.73 Å². The van der Waals surface area contributed by atoms with Gasteiger partial charge in [-0.3, -0.25) is 0 Å². The second kappa shape index (κ2) is 5.67. The molecular formula is C11H12BrNO3. The van der Waals surface area contributed by atoms with Crippen molar-refractivity contribution >= 4 is 21.9 Å². The quantitative estimate of drug-likeness (QED) is 0.831. The Morgan fingerprint density at radius 2 is 2.31 bits per heavy atom. The van der Waals surface area contributed by atoms with Gasteiger partial charge in [-0.05, 0) is 18.2 Å². The third kappa shape index (κ3) is 3.36. The van der Waals surface area contributed by atoms with Crippen LogP contribution in [0.3, 0.4) is 0 Å². The van der Waals surface area contributed by atoms with Crippen LogP contribution in [0.15, 0.2) is 34.8 Å². The van der Waals surface area contributed by atoms with Gasteiger partial charge in [-0.25, -0.2) is 4.79 Å². The summed E-state index contributed by atoms with van der Waals surface area (Å²) in [5, 5.41) is 8.51. The fourth-order valence-corrected chi connectivity index (χ4v) is 1.63. The summed E-state index contributed by atoms with van der Waals surface area (Å²) in [4.78, 5) is 10.4. The van der Waals surface area contributed by atoms with E-state index in [2.05, 4.69) is 15.9 Å². The molecule has 0 aromatic heterocycles. The maximum atomic E-state index is 10.4. The molecule has 1 unspecified atom stereocenters. The number of aliphatic carboxylic acids is 1. The van der Waals surface area contributed by atoms with E-state index in [1.807, 2.05) is 6.07 Å². The average molecular weight is 286 g/mol. The number of ether oxygens (including phenoxy) is 1. The van der Waals surface area contributed by atoms with Crippen molar-refractivity contribution in [3.05, 3.63) is 40.4 Å². The summed E-state index contributed by atoms with van der Waals surface area (Å²) in [6.07, 6.45) is 2.43. The zero-order valence-corrected chi connectivity index (χ0v) is 10.3. The molecule has 1 atom stereocenters. The number of benzene rings is 1. The SMILES string of the molecule is COc1ccc(Br)cc1C(N)/C=C/C(=O)O. The minimum Gasteiger partial charge on any atom is -0.496 e. The first-order valence-electron chi connectivity index (χ1n) is 4.54. The van der Waals surface area contributed by atoms with Crippen molar-refractivity contribution in [3.8, 4) is 5.75 Å². The van der Waals surface area contributed by atoms with Crippen LogP contribution in [-0.2, 0) is 4.79 Å². The summed E-state index contributed by atoms with van der Waals surface area (Å²) >= 11 is 3.32. The van der Waals surface area contributed by atoms with E-state index >= 15 is 0 Å². The molecule has 3 N–H and O–H groups in total. The lowest BCUT2D eigenvalue weighted by atomic mass is 10.1. The summed E-state index contributed by atoms with van der Waals surface area (Å²) in [6, 6.07) is 4.89. The largest absolute Gasteiger partial charge is 0.496 e. The minimum absolute atomic E-state index is 0.511. The van der Waals surface area contributed by atoms with Crippen LogP contribution in [0.2, 0.25) is 0 Å². The van der Waals surface area contributed by atoms with Crippen LogP contribution in [0.25, 0.3) is 0 Å². The van der Waals surface area contributed by atoms with Gasteiger partial charge in [-0.15, -0.1) is 0 Å². The number of rotatable bonds is 4. The van der Waals surface area contributed by atoms with Crippen molar-refractivity contribution in [2.75, 3.05) is 7.11 Å². The van der Waals surface area contributed by atoms with Crippen LogP contribution in [0.4, 0.5) is 0 Å². The standard InChI is InChI=1S/C11H12BrNO3/c1-16-10-4-2-7(12)6-8(10)9(13)3-5-11(14)15/h2-6,9H,13H2,1H3,(H,14,15)/b5-3+. The molecule has 0 bridgehead atoms. The topological polar surface area (TPSA) is 72.5 Å². The van der Waals surface area contributed by atoms with E-state index in [-0.39, 0.29) is 0 Å². The van der Waals surface area contributed by atoms with Gasteiger partial charge < -0.3 is 15.6 Å². The number of carboxylic acids is 1. The predicted octanol–water partition coefficient (Wildman–Crippen LogP) is 2.10. The molecule has 1 rings (SSSR count). The molecule has 0 amide bonds. The van der Waals surface area contributed by atoms with Gasteiger partial charge in [-0.1, -0.05) is 22.0 Å². The molecule has 0 fully saturated rings. The van der Waals surface area contributed by atoms with E-state index in [9.17, 15) is 4.79 Å². The lowest BCUT2D eigenvalue weighted by molar-refractivity contribution is -0.131. The summed E-state index contributed by atoms with van der Waals surface area (Å²) < 4.78 is 6.01. The zero-order valence-electron chi connectivity index (χ0n) is 8.68. The van der Waals surface area contributed by atoms with E-state index in [4.69, 9.17) is 15.6 Å². The van der Waals surface area contributed by atoms with Crippen LogP contribution in [-0.4, -0.2) is 18.2 Å². The molecule has 0 spiro atoms. The molecular weight excluding hydrogens is 274 g/mol. The van der Waals surface area contributed by atoms with Crippen molar-refractivity contribution in [3.63, 3.8) is 0 Å². The fraction of sp³-hybridized carbons (Fsp3) is 0.182. The second-order valence-corrected chi connectivity index (χ2v) is 4.03. The number of carbonyl (C=O) groups is 1. The minimum atomic E-state index is -1.02. The smallest absolute Gasteiger partial charge is 0.328 e. The van der Waals surface area contributed by atoms with Gasteiger partial charge in [-0.2, -0.15) is 0 Å². The first kappa shape index (κ1) is 12.7. The normalized spacial score (nSPS) is 12.7. The molecule has 4 nitrogen and oxygen atoms in total. The van der Waals surface area contributed by atoms with Crippen LogP contribution < -0.4 is 10.5 Å². The summed E-state index contributed by atoms with van der Waals surface area (Å²) in [5.74, 6) is -0.393. The molecule has 86 valence electrons. The average Bonchev–Trinajstić information content (AvgIpc) is 2.25. The van der Waals surface area contributed by atoms with Crippen LogP contribution in [0.1, 0.15) is 11.6 Å². The second-order valence-electron chi connectivity index (χ2n) is 3.11.